The number of Topliss-reactive ketones (excluding diaryl/α,β-unsaturated/α-hetero) is 1. The summed E-state index contributed by atoms with van der Waals surface area (Å²) in [5, 5.41) is 0. The Labute approximate surface area is 224 Å². The highest BCUT2D eigenvalue weighted by Crippen LogP contribution is 2.44. The molecule has 4 fully saturated rings. The van der Waals surface area contributed by atoms with Crippen LogP contribution in [0.25, 0.3) is 0 Å². The molecule has 0 radical (unpaired) electrons. The monoisotopic (exact) mass is 528 g/mol. The van der Waals surface area contributed by atoms with Gasteiger partial charge >= 0.3 is 6.09 Å². The Balaban J connectivity index is 1.27. The van der Waals surface area contributed by atoms with Crippen molar-refractivity contribution in [2.24, 2.45) is 23.5 Å². The SMILES string of the molecule is CN1CC2CCN(c3ccc(C[C@H](CC(=O)[C@@H]4[C@H]5CC[C@H](C5)N4C(=O)OC(C)(C)C)C(N)=O)c(F)c3)C2C1. The van der Waals surface area contributed by atoms with Gasteiger partial charge in [0.05, 0.1) is 6.04 Å². The maximum Gasteiger partial charge on any atom is 0.411 e. The number of amides is 2. The predicted octanol–water partition coefficient (Wildman–Crippen LogP) is 3.36. The van der Waals surface area contributed by atoms with E-state index in [1.165, 1.54) is 0 Å². The van der Waals surface area contributed by atoms with Gasteiger partial charge in [-0.25, -0.2) is 9.18 Å². The highest BCUT2D eigenvalue weighted by atomic mass is 19.1. The molecule has 2 amide bonds. The van der Waals surface area contributed by atoms with Crippen LogP contribution in [0.1, 0.15) is 58.4 Å². The summed E-state index contributed by atoms with van der Waals surface area (Å²) < 4.78 is 20.9. The smallest absolute Gasteiger partial charge is 0.411 e. The first kappa shape index (κ1) is 26.9. The van der Waals surface area contributed by atoms with E-state index in [2.05, 4.69) is 16.8 Å². The third-order valence-electron chi connectivity index (χ3n) is 8.93. The summed E-state index contributed by atoms with van der Waals surface area (Å²) in [7, 11) is 2.12. The number of benzene rings is 1. The second-order valence-corrected chi connectivity index (χ2v) is 12.8. The van der Waals surface area contributed by atoms with Gasteiger partial charge in [-0.15, -0.1) is 0 Å². The molecule has 3 heterocycles. The Bertz CT molecular complexity index is 1100. The lowest BCUT2D eigenvalue weighted by molar-refractivity contribution is -0.131. The van der Waals surface area contributed by atoms with Gasteiger partial charge in [0, 0.05) is 49.7 Å². The van der Waals surface area contributed by atoms with Crippen LogP contribution in [0.3, 0.4) is 0 Å². The van der Waals surface area contributed by atoms with Crippen molar-refractivity contribution in [2.45, 2.75) is 83.0 Å². The quantitative estimate of drug-likeness (QED) is 0.583. The number of piperidine rings is 1. The molecule has 1 aliphatic carbocycles. The lowest BCUT2D eigenvalue weighted by atomic mass is 9.87. The molecular weight excluding hydrogens is 487 g/mol. The fourth-order valence-corrected chi connectivity index (χ4v) is 7.26. The summed E-state index contributed by atoms with van der Waals surface area (Å²) in [6, 6.07) is 4.95. The van der Waals surface area contributed by atoms with Crippen LogP contribution in [-0.2, 0) is 20.7 Å². The zero-order valence-corrected chi connectivity index (χ0v) is 23.0. The first-order chi connectivity index (χ1) is 17.9. The van der Waals surface area contributed by atoms with E-state index in [9.17, 15) is 14.4 Å². The fraction of sp³-hybridized carbons (Fsp3) is 0.690. The molecule has 9 heteroatoms. The van der Waals surface area contributed by atoms with Crippen molar-refractivity contribution in [3.63, 3.8) is 0 Å². The van der Waals surface area contributed by atoms with Crippen LogP contribution < -0.4 is 10.6 Å². The average molecular weight is 529 g/mol. The maximum atomic E-state index is 15.3. The number of ketones is 1. The summed E-state index contributed by atoms with van der Waals surface area (Å²) >= 11 is 0. The van der Waals surface area contributed by atoms with Gasteiger partial charge in [0.15, 0.2) is 5.78 Å². The van der Waals surface area contributed by atoms with Gasteiger partial charge in [-0.3, -0.25) is 14.5 Å². The number of carbonyl (C=O) groups excluding carboxylic acids is 3. The topological polar surface area (TPSA) is 96.2 Å². The van der Waals surface area contributed by atoms with Crippen molar-refractivity contribution in [1.82, 2.24) is 9.80 Å². The van der Waals surface area contributed by atoms with E-state index >= 15 is 4.39 Å². The molecule has 5 rings (SSSR count). The Kier molecular flexibility index (Phi) is 7.18. The summed E-state index contributed by atoms with van der Waals surface area (Å²) in [6.07, 6.45) is 3.03. The van der Waals surface area contributed by atoms with E-state index in [1.807, 2.05) is 6.07 Å². The first-order valence-electron chi connectivity index (χ1n) is 14.0. The molecule has 3 aliphatic heterocycles. The molecule has 0 spiro atoms. The van der Waals surface area contributed by atoms with Gasteiger partial charge in [-0.1, -0.05) is 6.07 Å². The van der Waals surface area contributed by atoms with Crippen molar-refractivity contribution in [2.75, 3.05) is 31.6 Å². The fourth-order valence-electron chi connectivity index (χ4n) is 7.26. The minimum atomic E-state index is -0.845. The van der Waals surface area contributed by atoms with Crippen LogP contribution >= 0.6 is 0 Å². The molecule has 8 nitrogen and oxygen atoms in total. The van der Waals surface area contributed by atoms with Crippen LogP contribution in [0.15, 0.2) is 18.2 Å². The number of carbonyl (C=O) groups is 3. The molecule has 2 unspecified atom stereocenters. The third-order valence-corrected chi connectivity index (χ3v) is 8.93. The van der Waals surface area contributed by atoms with Gasteiger partial charge < -0.3 is 20.3 Å². The Morgan fingerprint density at radius 3 is 2.58 bits per heavy atom. The number of likely N-dealkylation sites (tertiary alicyclic amines) is 2. The average Bonchev–Trinajstić information content (AvgIpc) is 3.59. The minimum absolute atomic E-state index is 0.0225. The summed E-state index contributed by atoms with van der Waals surface area (Å²) in [5.41, 5.74) is 6.27. The number of anilines is 1. The van der Waals surface area contributed by atoms with E-state index in [1.54, 1.807) is 37.8 Å². The molecule has 2 bridgehead atoms. The number of likely N-dealkylation sites (N-methyl/N-ethyl adjacent to an activating group) is 1. The van der Waals surface area contributed by atoms with E-state index in [0.717, 1.165) is 51.0 Å². The molecule has 2 N–H and O–H groups in total. The van der Waals surface area contributed by atoms with Crippen molar-refractivity contribution >= 4 is 23.5 Å². The molecule has 6 atom stereocenters. The lowest BCUT2D eigenvalue weighted by Crippen LogP contribution is -2.51. The number of rotatable bonds is 7. The largest absolute Gasteiger partial charge is 0.444 e. The zero-order valence-electron chi connectivity index (χ0n) is 23.0. The molecule has 1 aromatic carbocycles. The van der Waals surface area contributed by atoms with Crippen LogP contribution in [0, 0.1) is 23.6 Å². The Hall–Kier alpha value is -2.68. The lowest BCUT2D eigenvalue weighted by Gasteiger charge is -2.36. The number of hydrogen-bond donors (Lipinski definition) is 1. The van der Waals surface area contributed by atoms with Crippen LogP contribution in [0.4, 0.5) is 14.9 Å². The van der Waals surface area contributed by atoms with Crippen LogP contribution in [0.5, 0.6) is 0 Å². The molecule has 3 saturated heterocycles. The van der Waals surface area contributed by atoms with E-state index in [4.69, 9.17) is 10.5 Å². The number of nitrogens with two attached hydrogens (primary N) is 1. The molecule has 208 valence electrons. The normalized spacial score (nSPS) is 29.6. The number of hydrogen-bond acceptors (Lipinski definition) is 6. The second kappa shape index (κ2) is 10.1. The maximum absolute atomic E-state index is 15.3. The molecule has 4 aliphatic rings. The van der Waals surface area contributed by atoms with Crippen molar-refractivity contribution in [1.29, 1.82) is 0 Å². The van der Waals surface area contributed by atoms with Crippen molar-refractivity contribution in [3.05, 3.63) is 29.6 Å². The minimum Gasteiger partial charge on any atom is -0.444 e. The zero-order chi connectivity index (χ0) is 27.4. The van der Waals surface area contributed by atoms with Gasteiger partial charge in [0.1, 0.15) is 11.4 Å². The predicted molar refractivity (Wildman–Crippen MR) is 142 cm³/mol. The van der Waals surface area contributed by atoms with Crippen LogP contribution in [0.2, 0.25) is 0 Å². The number of halogens is 1. The number of ether oxygens (including phenoxy) is 1. The molecule has 38 heavy (non-hydrogen) atoms. The third kappa shape index (κ3) is 5.26. The van der Waals surface area contributed by atoms with E-state index in [0.29, 0.717) is 17.5 Å². The van der Waals surface area contributed by atoms with E-state index < -0.39 is 29.6 Å². The van der Waals surface area contributed by atoms with E-state index in [-0.39, 0.29) is 36.4 Å². The summed E-state index contributed by atoms with van der Waals surface area (Å²) in [4.78, 5) is 45.0. The van der Waals surface area contributed by atoms with Crippen molar-refractivity contribution < 1.29 is 23.5 Å². The highest BCUT2D eigenvalue weighted by Gasteiger charge is 2.52. The number of nitrogens with zero attached hydrogens (tertiary/aromatic N) is 3. The summed E-state index contributed by atoms with van der Waals surface area (Å²) in [6.45, 7) is 8.36. The van der Waals surface area contributed by atoms with Gasteiger partial charge in [0.25, 0.3) is 0 Å². The molecule has 1 saturated carbocycles. The number of fused-ring (bicyclic) bond motifs is 3. The van der Waals surface area contributed by atoms with Crippen LogP contribution in [-0.4, -0.2) is 78.0 Å². The van der Waals surface area contributed by atoms with Gasteiger partial charge in [-0.05, 0) is 89.5 Å². The molecular formula is C29H41FN4O4. The van der Waals surface area contributed by atoms with Gasteiger partial charge in [0.2, 0.25) is 5.91 Å². The molecule has 0 aromatic heterocycles. The molecule has 1 aromatic rings. The van der Waals surface area contributed by atoms with Gasteiger partial charge in [-0.2, -0.15) is 0 Å². The standard InChI is InChI=1S/C29H41FN4O4/c1-29(2,3)38-28(37)34-22-8-6-18(12-22)26(34)25(35)13-20(27(31)36)11-17-5-7-21(14-23(17)30)33-10-9-19-15-32(4)16-24(19)33/h5,7,14,18-20,22,24,26H,6,8-13,15-16H2,1-4H3,(H2,31,36)/t18-,19?,20+,22+,24?,26-/m0/s1. The highest BCUT2D eigenvalue weighted by molar-refractivity contribution is 5.92. The Morgan fingerprint density at radius 1 is 1.13 bits per heavy atom. The van der Waals surface area contributed by atoms with Crippen molar-refractivity contribution in [3.8, 4) is 0 Å². The first-order valence-corrected chi connectivity index (χ1v) is 14.0. The summed E-state index contributed by atoms with van der Waals surface area (Å²) in [5.74, 6) is -1.39. The second-order valence-electron chi connectivity index (χ2n) is 12.8. The Morgan fingerprint density at radius 2 is 1.89 bits per heavy atom. The number of primary amides is 1.